The van der Waals surface area contributed by atoms with Gasteiger partial charge in [0.25, 0.3) is 11.6 Å². The highest BCUT2D eigenvalue weighted by Gasteiger charge is 2.28. The van der Waals surface area contributed by atoms with Crippen molar-refractivity contribution in [1.29, 1.82) is 0 Å². The van der Waals surface area contributed by atoms with E-state index in [-0.39, 0.29) is 22.9 Å². The Labute approximate surface area is 114 Å². The van der Waals surface area contributed by atoms with Crippen LogP contribution in [0.2, 0.25) is 5.15 Å². The molecule has 1 N–H and O–H groups in total. The van der Waals surface area contributed by atoms with Crippen LogP contribution in [0.1, 0.15) is 23.2 Å². The van der Waals surface area contributed by atoms with Crippen LogP contribution >= 0.6 is 11.6 Å². The Morgan fingerprint density at radius 3 is 3.00 bits per heavy atom. The number of pyridine rings is 1. The summed E-state index contributed by atoms with van der Waals surface area (Å²) in [5, 5.41) is 20.4. The molecule has 0 unspecified atom stereocenters. The number of piperidine rings is 1. The van der Waals surface area contributed by atoms with Crippen LogP contribution in [-0.4, -0.2) is 45.0 Å². The van der Waals surface area contributed by atoms with E-state index in [0.29, 0.717) is 19.4 Å². The monoisotopic (exact) mass is 285 g/mol. The fraction of sp³-hybridized carbons (Fsp3) is 0.455. The molecule has 1 aliphatic rings. The molecule has 0 bridgehead atoms. The molecule has 7 nitrogen and oxygen atoms in total. The van der Waals surface area contributed by atoms with Gasteiger partial charge in [-0.05, 0) is 18.9 Å². The lowest BCUT2D eigenvalue weighted by molar-refractivity contribution is -0.385. The second-order valence-corrected chi connectivity index (χ2v) is 4.72. The first-order valence-electron chi connectivity index (χ1n) is 5.76. The Bertz CT molecular complexity index is 523. The summed E-state index contributed by atoms with van der Waals surface area (Å²) in [6, 6.07) is 1.18. The lowest BCUT2D eigenvalue weighted by Gasteiger charge is -2.29. The molecule has 0 spiro atoms. The zero-order chi connectivity index (χ0) is 14.0. The van der Waals surface area contributed by atoms with Crippen molar-refractivity contribution in [1.82, 2.24) is 9.88 Å². The number of amides is 1. The Morgan fingerprint density at radius 2 is 2.37 bits per heavy atom. The zero-order valence-corrected chi connectivity index (χ0v) is 10.7. The minimum Gasteiger partial charge on any atom is -0.391 e. The van der Waals surface area contributed by atoms with Crippen molar-refractivity contribution in [2.75, 3.05) is 13.1 Å². The second-order valence-electron chi connectivity index (χ2n) is 4.33. The van der Waals surface area contributed by atoms with Gasteiger partial charge in [0.1, 0.15) is 16.9 Å². The largest absolute Gasteiger partial charge is 0.391 e. The molecule has 1 fully saturated rings. The van der Waals surface area contributed by atoms with Crippen molar-refractivity contribution in [2.45, 2.75) is 18.9 Å². The molecule has 0 radical (unpaired) electrons. The molecule has 1 atom stereocenters. The second kappa shape index (κ2) is 5.50. The van der Waals surface area contributed by atoms with E-state index in [2.05, 4.69) is 4.98 Å². The Hall–Kier alpha value is -1.73. The molecule has 1 amide bonds. The topological polar surface area (TPSA) is 96.6 Å². The van der Waals surface area contributed by atoms with Crippen molar-refractivity contribution in [3.8, 4) is 0 Å². The van der Waals surface area contributed by atoms with Gasteiger partial charge in [0, 0.05) is 13.1 Å². The van der Waals surface area contributed by atoms with Gasteiger partial charge in [-0.3, -0.25) is 14.9 Å². The maximum atomic E-state index is 12.2. The fourth-order valence-electron chi connectivity index (χ4n) is 2.05. The molecule has 19 heavy (non-hydrogen) atoms. The number of rotatable bonds is 2. The number of β-amino-alcohol motifs (C(OH)–C–C–N with tert-alkyl or cyclic N) is 1. The number of carbonyl (C=O) groups excluding carboxylic acids is 1. The van der Waals surface area contributed by atoms with Gasteiger partial charge in [0.15, 0.2) is 0 Å². The third-order valence-corrected chi connectivity index (χ3v) is 3.17. The van der Waals surface area contributed by atoms with E-state index in [1.54, 1.807) is 0 Å². The Balaban J connectivity index is 2.32. The van der Waals surface area contributed by atoms with Crippen molar-refractivity contribution < 1.29 is 14.8 Å². The fourth-order valence-corrected chi connectivity index (χ4v) is 2.21. The number of likely N-dealkylation sites (tertiary alicyclic amines) is 1. The van der Waals surface area contributed by atoms with E-state index >= 15 is 0 Å². The van der Waals surface area contributed by atoms with Crippen molar-refractivity contribution >= 4 is 23.2 Å². The van der Waals surface area contributed by atoms with Crippen LogP contribution in [0.4, 0.5) is 5.69 Å². The maximum Gasteiger partial charge on any atom is 0.300 e. The third-order valence-electron chi connectivity index (χ3n) is 2.96. The summed E-state index contributed by atoms with van der Waals surface area (Å²) in [6.07, 6.45) is 1.67. The Morgan fingerprint density at radius 1 is 1.63 bits per heavy atom. The number of aliphatic hydroxyl groups excluding tert-OH is 1. The number of nitrogens with zero attached hydrogens (tertiary/aromatic N) is 3. The summed E-state index contributed by atoms with van der Waals surface area (Å²) in [5.41, 5.74) is -0.478. The van der Waals surface area contributed by atoms with Crippen molar-refractivity contribution in [3.63, 3.8) is 0 Å². The molecule has 2 rings (SSSR count). The summed E-state index contributed by atoms with van der Waals surface area (Å²) in [5.74, 6) is -0.505. The number of hydrogen-bond acceptors (Lipinski definition) is 5. The van der Waals surface area contributed by atoms with Gasteiger partial charge < -0.3 is 10.0 Å². The predicted molar refractivity (Wildman–Crippen MR) is 67.0 cm³/mol. The highest BCUT2D eigenvalue weighted by atomic mass is 35.5. The van der Waals surface area contributed by atoms with Gasteiger partial charge in [-0.2, -0.15) is 0 Å². The molecule has 2 heterocycles. The summed E-state index contributed by atoms with van der Waals surface area (Å²) < 4.78 is 0. The number of hydrogen-bond donors (Lipinski definition) is 1. The van der Waals surface area contributed by atoms with E-state index in [9.17, 15) is 20.0 Å². The van der Waals surface area contributed by atoms with E-state index in [1.807, 2.05) is 0 Å². The third kappa shape index (κ3) is 2.99. The molecule has 1 aromatic heterocycles. The number of nitro groups is 1. The standard InChI is InChI=1S/C11H12ClN3O4/c12-10-4-8(9(5-13-10)15(18)19)11(17)14-3-1-2-7(16)6-14/h4-5,7,16H,1-3,6H2/t7-/m0/s1. The highest BCUT2D eigenvalue weighted by Crippen LogP contribution is 2.23. The quantitative estimate of drug-likeness (QED) is 0.501. The van der Waals surface area contributed by atoms with Crippen LogP contribution in [0.25, 0.3) is 0 Å². The molecule has 0 aromatic carbocycles. The van der Waals surface area contributed by atoms with Gasteiger partial charge in [-0.1, -0.05) is 11.6 Å². The first kappa shape index (κ1) is 13.7. The van der Waals surface area contributed by atoms with Crippen LogP contribution in [0.3, 0.4) is 0 Å². The van der Waals surface area contributed by atoms with Gasteiger partial charge in [-0.25, -0.2) is 4.98 Å². The zero-order valence-electron chi connectivity index (χ0n) is 9.95. The SMILES string of the molecule is O=C(c1cc(Cl)ncc1[N+](=O)[O-])N1CCC[C@H](O)C1. The molecular formula is C11H12ClN3O4. The van der Waals surface area contributed by atoms with Crippen LogP contribution in [0, 0.1) is 10.1 Å². The molecule has 1 saturated heterocycles. The average molecular weight is 286 g/mol. The molecule has 8 heteroatoms. The smallest absolute Gasteiger partial charge is 0.300 e. The summed E-state index contributed by atoms with van der Waals surface area (Å²) in [6.45, 7) is 0.642. The van der Waals surface area contributed by atoms with Crippen LogP contribution in [-0.2, 0) is 0 Å². The molecule has 1 aromatic rings. The summed E-state index contributed by atoms with van der Waals surface area (Å²) in [4.78, 5) is 27.5. The van der Waals surface area contributed by atoms with E-state index in [1.165, 1.54) is 11.0 Å². The predicted octanol–water partition coefficient (Wildman–Crippen LogP) is 1.24. The lowest BCUT2D eigenvalue weighted by Crippen LogP contribution is -2.42. The summed E-state index contributed by atoms with van der Waals surface area (Å²) >= 11 is 5.68. The maximum absolute atomic E-state index is 12.2. The van der Waals surface area contributed by atoms with Crippen LogP contribution in [0.15, 0.2) is 12.3 Å². The van der Waals surface area contributed by atoms with E-state index < -0.39 is 16.9 Å². The number of carbonyl (C=O) groups is 1. The first-order valence-corrected chi connectivity index (χ1v) is 6.14. The molecule has 0 aliphatic carbocycles. The first-order chi connectivity index (χ1) is 8.99. The van der Waals surface area contributed by atoms with Crippen LogP contribution in [0.5, 0.6) is 0 Å². The lowest BCUT2D eigenvalue weighted by atomic mass is 10.1. The Kier molecular flexibility index (Phi) is 3.96. The average Bonchev–Trinajstić information content (AvgIpc) is 2.37. The summed E-state index contributed by atoms with van der Waals surface area (Å²) in [7, 11) is 0. The van der Waals surface area contributed by atoms with Crippen LogP contribution < -0.4 is 0 Å². The molecule has 0 saturated carbocycles. The minimum absolute atomic E-state index is 0.0199. The van der Waals surface area contributed by atoms with Gasteiger partial charge in [0.2, 0.25) is 0 Å². The number of aromatic nitrogens is 1. The molecule has 102 valence electrons. The van der Waals surface area contributed by atoms with Crippen molar-refractivity contribution in [3.05, 3.63) is 33.1 Å². The normalized spacial score (nSPS) is 19.3. The van der Waals surface area contributed by atoms with E-state index in [0.717, 1.165) is 6.20 Å². The number of aliphatic hydroxyl groups is 1. The minimum atomic E-state index is -0.670. The van der Waals surface area contributed by atoms with Gasteiger partial charge in [0.05, 0.1) is 11.0 Å². The van der Waals surface area contributed by atoms with Gasteiger partial charge in [-0.15, -0.1) is 0 Å². The molecular weight excluding hydrogens is 274 g/mol. The number of halogens is 1. The van der Waals surface area contributed by atoms with Gasteiger partial charge >= 0.3 is 0 Å². The highest BCUT2D eigenvalue weighted by molar-refractivity contribution is 6.29. The molecule has 1 aliphatic heterocycles. The van der Waals surface area contributed by atoms with Crippen molar-refractivity contribution in [2.24, 2.45) is 0 Å². The van der Waals surface area contributed by atoms with E-state index in [4.69, 9.17) is 11.6 Å².